The molecule has 1 unspecified atom stereocenters. The van der Waals surface area contributed by atoms with Gasteiger partial charge in [-0.05, 0) is 32.9 Å². The Labute approximate surface area is 129 Å². The van der Waals surface area contributed by atoms with Crippen LogP contribution in [0, 0.1) is 5.82 Å². The summed E-state index contributed by atoms with van der Waals surface area (Å²) in [6.07, 6.45) is -0.388. The Morgan fingerprint density at radius 1 is 1.48 bits per heavy atom. The molecule has 0 aliphatic carbocycles. The van der Waals surface area contributed by atoms with Crippen molar-refractivity contribution in [3.63, 3.8) is 0 Å². The van der Waals surface area contributed by atoms with Gasteiger partial charge in [0.05, 0.1) is 6.04 Å². The van der Waals surface area contributed by atoms with Crippen LogP contribution < -0.4 is 5.32 Å². The second-order valence-electron chi connectivity index (χ2n) is 6.07. The van der Waals surface area contributed by atoms with Gasteiger partial charge in [0.25, 0.3) is 0 Å². The molecule has 1 fully saturated rings. The Morgan fingerprint density at radius 2 is 2.19 bits per heavy atom. The lowest BCUT2D eigenvalue weighted by Crippen LogP contribution is -2.50. The van der Waals surface area contributed by atoms with E-state index in [4.69, 9.17) is 16.3 Å². The smallest absolute Gasteiger partial charge is 0.410 e. The number of piperazine rings is 1. The van der Waals surface area contributed by atoms with Crippen molar-refractivity contribution in [3.05, 3.63) is 34.6 Å². The minimum Gasteiger partial charge on any atom is -0.444 e. The van der Waals surface area contributed by atoms with Crippen molar-refractivity contribution < 1.29 is 13.9 Å². The maximum atomic E-state index is 14.0. The van der Waals surface area contributed by atoms with E-state index in [0.29, 0.717) is 30.2 Å². The zero-order valence-corrected chi connectivity index (χ0v) is 13.2. The van der Waals surface area contributed by atoms with Crippen LogP contribution >= 0.6 is 11.6 Å². The van der Waals surface area contributed by atoms with E-state index in [0.717, 1.165) is 0 Å². The largest absolute Gasteiger partial charge is 0.444 e. The zero-order valence-electron chi connectivity index (χ0n) is 12.5. The van der Waals surface area contributed by atoms with Gasteiger partial charge >= 0.3 is 6.09 Å². The Morgan fingerprint density at radius 3 is 2.81 bits per heavy atom. The van der Waals surface area contributed by atoms with E-state index in [1.807, 2.05) is 20.8 Å². The van der Waals surface area contributed by atoms with Crippen molar-refractivity contribution >= 4 is 17.7 Å². The van der Waals surface area contributed by atoms with Crippen LogP contribution in [0.2, 0.25) is 5.02 Å². The molecule has 1 atom stereocenters. The molecule has 6 heteroatoms. The molecule has 21 heavy (non-hydrogen) atoms. The van der Waals surface area contributed by atoms with Crippen LogP contribution in [-0.4, -0.2) is 36.2 Å². The normalized spacial score (nSPS) is 19.5. The van der Waals surface area contributed by atoms with Crippen LogP contribution in [0.3, 0.4) is 0 Å². The summed E-state index contributed by atoms with van der Waals surface area (Å²) in [5, 5.41) is 3.55. The maximum absolute atomic E-state index is 14.0. The van der Waals surface area contributed by atoms with E-state index in [1.54, 1.807) is 17.0 Å². The first-order chi connectivity index (χ1) is 9.78. The fourth-order valence-electron chi connectivity index (χ4n) is 2.28. The molecule has 1 aliphatic rings. The fraction of sp³-hybridized carbons (Fsp3) is 0.533. The molecule has 2 rings (SSSR count). The van der Waals surface area contributed by atoms with Gasteiger partial charge in [0.2, 0.25) is 0 Å². The van der Waals surface area contributed by atoms with Crippen LogP contribution in [-0.2, 0) is 4.74 Å². The molecule has 116 valence electrons. The first-order valence-electron chi connectivity index (χ1n) is 6.93. The van der Waals surface area contributed by atoms with Crippen LogP contribution in [0.5, 0.6) is 0 Å². The summed E-state index contributed by atoms with van der Waals surface area (Å²) in [5.74, 6) is -0.369. The Kier molecular flexibility index (Phi) is 4.74. The topological polar surface area (TPSA) is 41.6 Å². The standard InChI is InChI=1S/C15H20ClFN2O2/c1-15(2,3)21-14(20)19-8-7-18-12(9-19)13-10(16)5-4-6-11(13)17/h4-6,12,18H,7-9H2,1-3H3. The Hall–Kier alpha value is -1.33. The van der Waals surface area contributed by atoms with Gasteiger partial charge in [0.15, 0.2) is 0 Å². The third kappa shape index (κ3) is 4.08. The molecule has 0 aromatic heterocycles. The molecule has 1 saturated heterocycles. The van der Waals surface area contributed by atoms with Gasteiger partial charge in [0, 0.05) is 30.2 Å². The third-order valence-electron chi connectivity index (χ3n) is 3.18. The van der Waals surface area contributed by atoms with Crippen molar-refractivity contribution in [1.82, 2.24) is 10.2 Å². The lowest BCUT2D eigenvalue weighted by atomic mass is 10.0. The minimum atomic E-state index is -0.549. The van der Waals surface area contributed by atoms with Gasteiger partial charge in [-0.2, -0.15) is 0 Å². The average molecular weight is 315 g/mol. The Bertz CT molecular complexity index is 511. The van der Waals surface area contributed by atoms with Gasteiger partial charge in [-0.3, -0.25) is 0 Å². The summed E-state index contributed by atoms with van der Waals surface area (Å²) in [6, 6.07) is 4.25. The molecule has 1 N–H and O–H groups in total. The first kappa shape index (κ1) is 16.0. The predicted octanol–water partition coefficient (Wildman–Crippen LogP) is 3.36. The van der Waals surface area contributed by atoms with E-state index < -0.39 is 5.60 Å². The third-order valence-corrected chi connectivity index (χ3v) is 3.50. The van der Waals surface area contributed by atoms with Crippen LogP contribution in [0.4, 0.5) is 9.18 Å². The van der Waals surface area contributed by atoms with E-state index >= 15 is 0 Å². The van der Waals surface area contributed by atoms with Crippen molar-refractivity contribution in [1.29, 1.82) is 0 Å². The van der Waals surface area contributed by atoms with Crippen LogP contribution in [0.15, 0.2) is 18.2 Å². The number of nitrogens with one attached hydrogen (secondary N) is 1. The summed E-state index contributed by atoms with van der Waals surface area (Å²) >= 11 is 6.08. The first-order valence-corrected chi connectivity index (χ1v) is 7.31. The number of hydrogen-bond donors (Lipinski definition) is 1. The molecule has 4 nitrogen and oxygen atoms in total. The van der Waals surface area contributed by atoms with Gasteiger partial charge in [-0.1, -0.05) is 17.7 Å². The number of halogens is 2. The highest BCUT2D eigenvalue weighted by Crippen LogP contribution is 2.28. The molecule has 0 saturated carbocycles. The quantitative estimate of drug-likeness (QED) is 0.864. The molecule has 0 bridgehead atoms. The number of benzene rings is 1. The van der Waals surface area contributed by atoms with E-state index in [9.17, 15) is 9.18 Å². The van der Waals surface area contributed by atoms with Crippen molar-refractivity contribution in [3.8, 4) is 0 Å². The van der Waals surface area contributed by atoms with E-state index in [1.165, 1.54) is 6.07 Å². The summed E-state index contributed by atoms with van der Waals surface area (Å²) < 4.78 is 19.3. The van der Waals surface area contributed by atoms with Gasteiger partial charge in [-0.15, -0.1) is 0 Å². The van der Waals surface area contributed by atoms with Crippen molar-refractivity contribution in [2.24, 2.45) is 0 Å². The SMILES string of the molecule is CC(C)(C)OC(=O)N1CCNC(c2c(F)cccc2Cl)C1. The molecule has 1 aromatic carbocycles. The highest BCUT2D eigenvalue weighted by atomic mass is 35.5. The molecular formula is C15H20ClFN2O2. The number of carbonyl (C=O) groups is 1. The van der Waals surface area contributed by atoms with Crippen molar-refractivity contribution in [2.45, 2.75) is 32.4 Å². The molecule has 1 heterocycles. The molecule has 0 radical (unpaired) electrons. The number of hydrogen-bond acceptors (Lipinski definition) is 3. The zero-order chi connectivity index (χ0) is 15.6. The van der Waals surface area contributed by atoms with Crippen molar-refractivity contribution in [2.75, 3.05) is 19.6 Å². The highest BCUT2D eigenvalue weighted by Gasteiger charge is 2.30. The summed E-state index contributed by atoms with van der Waals surface area (Å²) in [5.41, 5.74) is -0.153. The highest BCUT2D eigenvalue weighted by molar-refractivity contribution is 6.31. The van der Waals surface area contributed by atoms with Gasteiger partial charge in [0.1, 0.15) is 11.4 Å². The fourth-order valence-corrected chi connectivity index (χ4v) is 2.57. The lowest BCUT2D eigenvalue weighted by Gasteiger charge is -2.35. The second kappa shape index (κ2) is 6.20. The monoisotopic (exact) mass is 314 g/mol. The van der Waals surface area contributed by atoms with Crippen LogP contribution in [0.1, 0.15) is 32.4 Å². The minimum absolute atomic E-state index is 0.329. The van der Waals surface area contributed by atoms with Crippen LogP contribution in [0.25, 0.3) is 0 Å². The summed E-state index contributed by atoms with van der Waals surface area (Å²) in [6.45, 7) is 6.87. The average Bonchev–Trinajstić information content (AvgIpc) is 2.37. The molecule has 1 aromatic rings. The lowest BCUT2D eigenvalue weighted by molar-refractivity contribution is 0.0194. The Balaban J connectivity index is 2.13. The second-order valence-corrected chi connectivity index (χ2v) is 6.48. The molecule has 0 spiro atoms. The number of ether oxygens (including phenoxy) is 1. The number of nitrogens with zero attached hydrogens (tertiary/aromatic N) is 1. The number of amides is 1. The predicted molar refractivity (Wildman–Crippen MR) is 80.0 cm³/mol. The summed E-state index contributed by atoms with van der Waals surface area (Å²) in [4.78, 5) is 13.7. The number of rotatable bonds is 1. The molecular weight excluding hydrogens is 295 g/mol. The molecule has 1 amide bonds. The van der Waals surface area contributed by atoms with E-state index in [2.05, 4.69) is 5.32 Å². The van der Waals surface area contributed by atoms with E-state index in [-0.39, 0.29) is 18.0 Å². The number of carbonyl (C=O) groups excluding carboxylic acids is 1. The summed E-state index contributed by atoms with van der Waals surface area (Å²) in [7, 11) is 0. The van der Waals surface area contributed by atoms with Gasteiger partial charge in [-0.25, -0.2) is 9.18 Å². The van der Waals surface area contributed by atoms with Gasteiger partial charge < -0.3 is 15.0 Å². The molecule has 1 aliphatic heterocycles. The maximum Gasteiger partial charge on any atom is 0.410 e.